The Morgan fingerprint density at radius 2 is 2.15 bits per heavy atom. The van der Waals surface area contributed by atoms with Crippen LogP contribution in [0.4, 0.5) is 11.4 Å². The number of nitrogens with two attached hydrogens (primary N) is 1. The van der Waals surface area contributed by atoms with Crippen LogP contribution in [0.5, 0.6) is 0 Å². The summed E-state index contributed by atoms with van der Waals surface area (Å²) in [5.41, 5.74) is 6.77. The molecule has 7 nitrogen and oxygen atoms in total. The fourth-order valence-corrected chi connectivity index (χ4v) is 3.98. The highest BCUT2D eigenvalue weighted by Gasteiger charge is 2.29. The number of nitrogens with zero attached hydrogens (tertiary/aromatic N) is 2. The summed E-state index contributed by atoms with van der Waals surface area (Å²) in [5, 5.41) is 14.3. The van der Waals surface area contributed by atoms with Crippen LogP contribution >= 0.6 is 23.4 Å². The topological polar surface area (TPSA) is 111 Å². The first kappa shape index (κ1) is 19.2. The van der Waals surface area contributed by atoms with Crippen molar-refractivity contribution in [1.29, 1.82) is 0 Å². The molecule has 1 atom stereocenters. The number of amidine groups is 1. The van der Waals surface area contributed by atoms with E-state index in [0.29, 0.717) is 10.9 Å². The van der Waals surface area contributed by atoms with Gasteiger partial charge in [-0.05, 0) is 43.2 Å². The summed E-state index contributed by atoms with van der Waals surface area (Å²) < 4.78 is 0. The van der Waals surface area contributed by atoms with Gasteiger partial charge in [0.15, 0.2) is 5.17 Å². The number of carbonyl (C=O) groups excluding carboxylic acids is 1. The highest BCUT2D eigenvalue weighted by molar-refractivity contribution is 8.13. The number of aliphatic imine (C=N–C) groups is 1. The van der Waals surface area contributed by atoms with Crippen LogP contribution in [0, 0.1) is 10.1 Å². The van der Waals surface area contributed by atoms with E-state index in [9.17, 15) is 14.9 Å². The van der Waals surface area contributed by atoms with Gasteiger partial charge >= 0.3 is 0 Å². The van der Waals surface area contributed by atoms with Crippen LogP contribution < -0.4 is 11.1 Å². The fraction of sp³-hybridized carbons (Fsp3) is 0.222. The summed E-state index contributed by atoms with van der Waals surface area (Å²) >= 11 is 7.32. The average Bonchev–Trinajstić information content (AvgIpc) is 2.62. The molecule has 0 aliphatic carbocycles. The lowest BCUT2D eigenvalue weighted by atomic mass is 9.89. The number of rotatable bonds is 4. The third kappa shape index (κ3) is 4.23. The second kappa shape index (κ2) is 7.58. The molecule has 3 rings (SSSR count). The molecule has 2 aromatic rings. The first-order valence-corrected chi connectivity index (χ1v) is 9.49. The van der Waals surface area contributed by atoms with Crippen LogP contribution in [0.15, 0.2) is 47.5 Å². The highest BCUT2D eigenvalue weighted by atomic mass is 35.5. The van der Waals surface area contributed by atoms with Gasteiger partial charge in [-0.1, -0.05) is 35.5 Å². The molecular weight excluding hydrogens is 388 g/mol. The molecule has 1 unspecified atom stereocenters. The largest absolute Gasteiger partial charge is 0.379 e. The molecule has 0 radical (unpaired) electrons. The van der Waals surface area contributed by atoms with E-state index >= 15 is 0 Å². The summed E-state index contributed by atoms with van der Waals surface area (Å²) in [7, 11) is 0. The zero-order valence-corrected chi connectivity index (χ0v) is 16.0. The molecule has 140 valence electrons. The number of nitrogens with one attached hydrogen (secondary N) is 1. The lowest BCUT2D eigenvalue weighted by Crippen LogP contribution is -2.28. The molecule has 27 heavy (non-hydrogen) atoms. The Kier molecular flexibility index (Phi) is 5.38. The summed E-state index contributed by atoms with van der Waals surface area (Å²) in [6.45, 7) is 2.00. The van der Waals surface area contributed by atoms with E-state index < -0.39 is 16.4 Å². The second-order valence-electron chi connectivity index (χ2n) is 6.28. The van der Waals surface area contributed by atoms with Gasteiger partial charge in [0.1, 0.15) is 5.02 Å². The number of thioether (sulfide) groups is 1. The average molecular weight is 405 g/mol. The zero-order valence-electron chi connectivity index (χ0n) is 14.4. The summed E-state index contributed by atoms with van der Waals surface area (Å²) in [6.07, 6.45) is 0.832. The Morgan fingerprint density at radius 3 is 2.85 bits per heavy atom. The van der Waals surface area contributed by atoms with Crippen molar-refractivity contribution in [1.82, 2.24) is 0 Å². The third-order valence-corrected chi connectivity index (χ3v) is 5.46. The van der Waals surface area contributed by atoms with Crippen LogP contribution in [0.25, 0.3) is 0 Å². The molecule has 0 bridgehead atoms. The Labute approximate surface area is 165 Å². The van der Waals surface area contributed by atoms with Crippen molar-refractivity contribution in [2.45, 2.75) is 18.9 Å². The smallest absolute Gasteiger partial charge is 0.288 e. The molecule has 1 aliphatic heterocycles. The molecule has 1 heterocycles. The molecule has 0 aromatic heterocycles. The number of carbonyl (C=O) groups is 1. The maximum absolute atomic E-state index is 12.5. The number of anilines is 1. The normalized spacial score (nSPS) is 19.3. The maximum atomic E-state index is 12.5. The van der Waals surface area contributed by atoms with Crippen LogP contribution in [0.2, 0.25) is 5.02 Å². The summed E-state index contributed by atoms with van der Waals surface area (Å²) in [6, 6.07) is 11.3. The van der Waals surface area contributed by atoms with Crippen molar-refractivity contribution < 1.29 is 9.72 Å². The molecule has 0 saturated heterocycles. The third-order valence-electron chi connectivity index (χ3n) is 4.34. The van der Waals surface area contributed by atoms with Gasteiger partial charge < -0.3 is 11.1 Å². The van der Waals surface area contributed by atoms with E-state index in [-0.39, 0.29) is 16.3 Å². The highest BCUT2D eigenvalue weighted by Crippen LogP contribution is 2.36. The first-order chi connectivity index (χ1) is 12.8. The number of nitro groups is 1. The molecule has 9 heteroatoms. The second-order valence-corrected chi connectivity index (χ2v) is 7.80. The minimum atomic E-state index is -0.621. The van der Waals surface area contributed by atoms with Gasteiger partial charge in [-0.25, -0.2) is 0 Å². The van der Waals surface area contributed by atoms with Crippen molar-refractivity contribution in [2.24, 2.45) is 10.7 Å². The van der Waals surface area contributed by atoms with Crippen LogP contribution in [0.3, 0.4) is 0 Å². The fourth-order valence-electron chi connectivity index (χ4n) is 2.82. The van der Waals surface area contributed by atoms with Crippen molar-refractivity contribution in [2.75, 3.05) is 11.1 Å². The van der Waals surface area contributed by atoms with Crippen molar-refractivity contribution in [3.05, 3.63) is 68.7 Å². The summed E-state index contributed by atoms with van der Waals surface area (Å²) in [4.78, 5) is 27.4. The van der Waals surface area contributed by atoms with E-state index in [1.54, 1.807) is 6.07 Å². The zero-order chi connectivity index (χ0) is 19.6. The molecule has 0 saturated carbocycles. The van der Waals surface area contributed by atoms with Gasteiger partial charge in [0.25, 0.3) is 11.6 Å². The maximum Gasteiger partial charge on any atom is 0.288 e. The van der Waals surface area contributed by atoms with Gasteiger partial charge in [0.05, 0.1) is 10.5 Å². The van der Waals surface area contributed by atoms with Crippen LogP contribution in [-0.2, 0) is 5.54 Å². The Morgan fingerprint density at radius 1 is 1.37 bits per heavy atom. The lowest BCUT2D eigenvalue weighted by molar-refractivity contribution is -0.384. The van der Waals surface area contributed by atoms with Gasteiger partial charge in [0, 0.05) is 23.1 Å². The molecule has 0 fully saturated rings. The number of amides is 1. The predicted molar refractivity (Wildman–Crippen MR) is 109 cm³/mol. The van der Waals surface area contributed by atoms with E-state index in [1.165, 1.54) is 23.9 Å². The van der Waals surface area contributed by atoms with Crippen molar-refractivity contribution in [3.8, 4) is 0 Å². The van der Waals surface area contributed by atoms with E-state index in [4.69, 9.17) is 17.3 Å². The molecule has 2 aromatic carbocycles. The Hall–Kier alpha value is -2.58. The van der Waals surface area contributed by atoms with Gasteiger partial charge in [0.2, 0.25) is 0 Å². The van der Waals surface area contributed by atoms with Gasteiger partial charge in [-0.15, -0.1) is 0 Å². The number of hydrogen-bond donors (Lipinski definition) is 2. The van der Waals surface area contributed by atoms with E-state index in [1.807, 2.05) is 25.1 Å². The predicted octanol–water partition coefficient (Wildman–Crippen LogP) is 4.17. The SMILES string of the molecule is CC1(c2cccc(NC(=O)c3ccc(Cl)c([N+](=O)[O-])c3)c2)CCSC(N)=N1. The molecule has 1 amide bonds. The van der Waals surface area contributed by atoms with Gasteiger partial charge in [-0.2, -0.15) is 0 Å². The molecule has 3 N–H and O–H groups in total. The van der Waals surface area contributed by atoms with Crippen LogP contribution in [0.1, 0.15) is 29.3 Å². The first-order valence-electron chi connectivity index (χ1n) is 8.12. The van der Waals surface area contributed by atoms with E-state index in [0.717, 1.165) is 23.8 Å². The van der Waals surface area contributed by atoms with E-state index in [2.05, 4.69) is 10.3 Å². The molecule has 1 aliphatic rings. The van der Waals surface area contributed by atoms with Crippen LogP contribution in [-0.4, -0.2) is 21.8 Å². The molecule has 0 spiro atoms. The molecular formula is C18H17ClN4O3S. The van der Waals surface area contributed by atoms with Crippen molar-refractivity contribution >= 4 is 45.8 Å². The number of nitro benzene ring substituents is 1. The minimum Gasteiger partial charge on any atom is -0.379 e. The lowest BCUT2D eigenvalue weighted by Gasteiger charge is -2.30. The number of halogens is 1. The Balaban J connectivity index is 1.85. The van der Waals surface area contributed by atoms with Gasteiger partial charge in [-0.3, -0.25) is 19.9 Å². The monoisotopic (exact) mass is 404 g/mol. The summed E-state index contributed by atoms with van der Waals surface area (Å²) in [5.74, 6) is 0.413. The number of hydrogen-bond acceptors (Lipinski definition) is 6. The van der Waals surface area contributed by atoms with Crippen molar-refractivity contribution in [3.63, 3.8) is 0 Å². The standard InChI is InChI=1S/C18H17ClN4O3S/c1-18(7-8-27-17(20)22-18)12-3-2-4-13(10-12)21-16(24)11-5-6-14(19)15(9-11)23(25)26/h2-6,9-10H,7-8H2,1H3,(H2,20,22)(H,21,24). The Bertz CT molecular complexity index is 950. The minimum absolute atomic E-state index is 0.0166. The number of benzene rings is 2. The quantitative estimate of drug-likeness (QED) is 0.586.